The second-order valence-electron chi connectivity index (χ2n) is 6.03. The molecule has 1 unspecified atom stereocenters. The minimum absolute atomic E-state index is 0.0437. The Labute approximate surface area is 141 Å². The van der Waals surface area contributed by atoms with Crippen LogP contribution in [0.1, 0.15) is 29.2 Å². The molecule has 0 bridgehead atoms. The van der Waals surface area contributed by atoms with Crippen molar-refractivity contribution in [1.82, 2.24) is 0 Å². The zero-order valence-corrected chi connectivity index (χ0v) is 13.6. The molecule has 2 aromatic carbocycles. The number of rotatable bonds is 6. The fourth-order valence-electron chi connectivity index (χ4n) is 3.10. The van der Waals surface area contributed by atoms with Crippen molar-refractivity contribution in [2.24, 2.45) is 5.73 Å². The summed E-state index contributed by atoms with van der Waals surface area (Å²) in [5.74, 6) is 0.304. The highest BCUT2D eigenvalue weighted by atomic mass is 16.5. The fraction of sp³-hybridized carbons (Fsp3) is 0.316. The van der Waals surface area contributed by atoms with Gasteiger partial charge in [-0.25, -0.2) is 0 Å². The van der Waals surface area contributed by atoms with Crippen molar-refractivity contribution in [3.8, 4) is 11.5 Å². The normalized spacial score (nSPS) is 14.9. The third kappa shape index (κ3) is 3.51. The zero-order valence-electron chi connectivity index (χ0n) is 13.6. The lowest BCUT2D eigenvalue weighted by molar-refractivity contribution is -0.137. The maximum absolute atomic E-state index is 10.9. The first-order valence-electron chi connectivity index (χ1n) is 7.95. The number of fused-ring (bicyclic) bond motifs is 1. The Morgan fingerprint density at radius 2 is 1.88 bits per heavy atom. The molecule has 0 fully saturated rings. The highest BCUT2D eigenvalue weighted by Gasteiger charge is 2.24. The van der Waals surface area contributed by atoms with Gasteiger partial charge in [-0.3, -0.25) is 4.79 Å². The van der Waals surface area contributed by atoms with Crippen molar-refractivity contribution in [3.63, 3.8) is 0 Å². The van der Waals surface area contributed by atoms with Gasteiger partial charge in [0.05, 0.1) is 13.5 Å². The topological polar surface area (TPSA) is 81.8 Å². The van der Waals surface area contributed by atoms with E-state index >= 15 is 0 Å². The number of carboxylic acid groups (broad SMARTS) is 1. The Bertz CT molecular complexity index is 719. The second-order valence-corrected chi connectivity index (χ2v) is 6.03. The predicted molar refractivity (Wildman–Crippen MR) is 90.4 cm³/mol. The number of carbonyl (C=O) groups is 1. The van der Waals surface area contributed by atoms with Gasteiger partial charge in [-0.1, -0.05) is 30.3 Å². The first-order valence-corrected chi connectivity index (χ1v) is 7.95. The summed E-state index contributed by atoms with van der Waals surface area (Å²) in [5.41, 5.74) is 9.29. The highest BCUT2D eigenvalue weighted by molar-refractivity contribution is 5.68. The van der Waals surface area contributed by atoms with Gasteiger partial charge in [-0.2, -0.15) is 0 Å². The molecule has 0 radical (unpaired) electrons. The van der Waals surface area contributed by atoms with Crippen LogP contribution in [0.3, 0.4) is 0 Å². The molecule has 5 heteroatoms. The number of ether oxygens (including phenoxy) is 2. The van der Waals surface area contributed by atoms with Gasteiger partial charge in [0.1, 0.15) is 6.10 Å². The van der Waals surface area contributed by atoms with Gasteiger partial charge in [0.25, 0.3) is 0 Å². The average Bonchev–Trinajstić information content (AvgIpc) is 2.96. The molecule has 3 N–H and O–H groups in total. The largest absolute Gasteiger partial charge is 0.493 e. The fourth-order valence-corrected chi connectivity index (χ4v) is 3.10. The van der Waals surface area contributed by atoms with Crippen molar-refractivity contribution >= 4 is 5.97 Å². The number of carboxylic acids is 1. The third-order valence-corrected chi connectivity index (χ3v) is 4.32. The average molecular weight is 327 g/mol. The molecule has 0 saturated heterocycles. The van der Waals surface area contributed by atoms with Crippen LogP contribution in [0.25, 0.3) is 0 Å². The van der Waals surface area contributed by atoms with E-state index in [4.69, 9.17) is 20.3 Å². The van der Waals surface area contributed by atoms with Crippen molar-refractivity contribution in [3.05, 3.63) is 59.2 Å². The summed E-state index contributed by atoms with van der Waals surface area (Å²) in [5, 5.41) is 8.91. The summed E-state index contributed by atoms with van der Waals surface area (Å²) in [4.78, 5) is 10.9. The Morgan fingerprint density at radius 1 is 1.21 bits per heavy atom. The summed E-state index contributed by atoms with van der Waals surface area (Å²) in [6.45, 7) is 0. The lowest BCUT2D eigenvalue weighted by Crippen LogP contribution is -2.18. The van der Waals surface area contributed by atoms with Gasteiger partial charge in [0.2, 0.25) is 0 Å². The summed E-state index contributed by atoms with van der Waals surface area (Å²) in [6.07, 6.45) is 1.62. The van der Waals surface area contributed by atoms with Crippen LogP contribution in [0.15, 0.2) is 42.5 Å². The van der Waals surface area contributed by atoms with Gasteiger partial charge in [0, 0.05) is 18.9 Å². The van der Waals surface area contributed by atoms with Crippen LogP contribution in [-0.2, 0) is 17.6 Å². The van der Waals surface area contributed by atoms with E-state index in [-0.39, 0.29) is 12.5 Å². The maximum atomic E-state index is 10.9. The SMILES string of the molecule is COc1ccc(C(N)CC(=O)O)cc1OC1Cc2ccccc2C1. The monoisotopic (exact) mass is 327 g/mol. The van der Waals surface area contributed by atoms with E-state index in [0.29, 0.717) is 11.5 Å². The van der Waals surface area contributed by atoms with E-state index in [1.54, 1.807) is 25.3 Å². The lowest BCUT2D eigenvalue weighted by Gasteiger charge is -2.18. The van der Waals surface area contributed by atoms with Gasteiger partial charge < -0.3 is 20.3 Å². The summed E-state index contributed by atoms with van der Waals surface area (Å²) in [7, 11) is 1.59. The van der Waals surface area contributed by atoms with E-state index in [2.05, 4.69) is 12.1 Å². The molecular weight excluding hydrogens is 306 g/mol. The van der Waals surface area contributed by atoms with E-state index in [1.807, 2.05) is 12.1 Å². The molecular formula is C19H21NO4. The second kappa shape index (κ2) is 6.93. The lowest BCUT2D eigenvalue weighted by atomic mass is 10.0. The number of hydrogen-bond donors (Lipinski definition) is 2. The molecule has 0 saturated carbocycles. The molecule has 0 heterocycles. The first kappa shape index (κ1) is 16.3. The van der Waals surface area contributed by atoms with Gasteiger partial charge >= 0.3 is 5.97 Å². The molecule has 1 aliphatic carbocycles. The number of aliphatic carboxylic acids is 1. The Kier molecular flexibility index (Phi) is 4.71. The van der Waals surface area contributed by atoms with Crippen molar-refractivity contribution in [2.45, 2.75) is 31.4 Å². The maximum Gasteiger partial charge on any atom is 0.305 e. The number of methoxy groups -OCH3 is 1. The van der Waals surface area contributed by atoms with Crippen LogP contribution < -0.4 is 15.2 Å². The van der Waals surface area contributed by atoms with Crippen LogP contribution in [0.2, 0.25) is 0 Å². The number of benzene rings is 2. The molecule has 3 rings (SSSR count). The molecule has 0 aliphatic heterocycles. The zero-order chi connectivity index (χ0) is 17.1. The van der Waals surface area contributed by atoms with Gasteiger partial charge in [-0.15, -0.1) is 0 Å². The Balaban J connectivity index is 1.78. The molecule has 24 heavy (non-hydrogen) atoms. The van der Waals surface area contributed by atoms with Crippen LogP contribution in [0.4, 0.5) is 0 Å². The van der Waals surface area contributed by atoms with Crippen LogP contribution >= 0.6 is 0 Å². The highest BCUT2D eigenvalue weighted by Crippen LogP contribution is 2.34. The number of hydrogen-bond acceptors (Lipinski definition) is 4. The van der Waals surface area contributed by atoms with E-state index in [1.165, 1.54) is 11.1 Å². The minimum atomic E-state index is -0.924. The Hall–Kier alpha value is -2.53. The minimum Gasteiger partial charge on any atom is -0.493 e. The van der Waals surface area contributed by atoms with Crippen LogP contribution in [-0.4, -0.2) is 24.3 Å². The quantitative estimate of drug-likeness (QED) is 0.852. The van der Waals surface area contributed by atoms with Crippen molar-refractivity contribution in [1.29, 1.82) is 0 Å². The molecule has 1 atom stereocenters. The summed E-state index contributed by atoms with van der Waals surface area (Å²) in [6, 6.07) is 13.1. The predicted octanol–water partition coefficient (Wildman–Crippen LogP) is 2.72. The van der Waals surface area contributed by atoms with Gasteiger partial charge in [-0.05, 0) is 28.8 Å². The molecule has 2 aromatic rings. The molecule has 0 aromatic heterocycles. The molecule has 126 valence electrons. The van der Waals surface area contributed by atoms with Crippen LogP contribution in [0, 0.1) is 0 Å². The molecule has 5 nitrogen and oxygen atoms in total. The first-order chi connectivity index (χ1) is 11.6. The van der Waals surface area contributed by atoms with Crippen molar-refractivity contribution in [2.75, 3.05) is 7.11 Å². The molecule has 0 amide bonds. The smallest absolute Gasteiger partial charge is 0.305 e. The van der Waals surface area contributed by atoms with E-state index < -0.39 is 12.0 Å². The molecule has 0 spiro atoms. The van der Waals surface area contributed by atoms with Gasteiger partial charge in [0.15, 0.2) is 11.5 Å². The standard InChI is InChI=1S/C19H21NO4/c1-23-17-7-6-14(16(20)11-19(21)22)10-18(17)24-15-8-12-4-2-3-5-13(12)9-15/h2-7,10,15-16H,8-9,11,20H2,1H3,(H,21,22). The van der Waals surface area contributed by atoms with E-state index in [0.717, 1.165) is 18.4 Å². The summed E-state index contributed by atoms with van der Waals surface area (Å²) < 4.78 is 11.5. The summed E-state index contributed by atoms with van der Waals surface area (Å²) >= 11 is 0. The van der Waals surface area contributed by atoms with Crippen LogP contribution in [0.5, 0.6) is 11.5 Å². The Morgan fingerprint density at radius 3 is 2.46 bits per heavy atom. The third-order valence-electron chi connectivity index (χ3n) is 4.32. The van der Waals surface area contributed by atoms with Crippen molar-refractivity contribution < 1.29 is 19.4 Å². The molecule has 1 aliphatic rings. The van der Waals surface area contributed by atoms with E-state index in [9.17, 15) is 4.79 Å². The number of nitrogens with two attached hydrogens (primary N) is 1.